The molecule has 0 aliphatic carbocycles. The molecular formula is C22H21NOS. The van der Waals surface area contributed by atoms with Gasteiger partial charge in [-0.3, -0.25) is 0 Å². The Hall–Kier alpha value is -2.52. The minimum atomic E-state index is -1.36. The van der Waals surface area contributed by atoms with Crippen molar-refractivity contribution in [1.29, 1.82) is 0 Å². The van der Waals surface area contributed by atoms with Gasteiger partial charge in [-0.05, 0) is 54.7 Å². The average molecular weight is 347 g/mol. The highest BCUT2D eigenvalue weighted by atomic mass is 32.2. The van der Waals surface area contributed by atoms with Crippen LogP contribution in [0, 0.1) is 13.8 Å². The van der Waals surface area contributed by atoms with E-state index in [4.69, 9.17) is 0 Å². The SMILES string of the molecule is Cc1ccc(S(=O)/N=C/c2ccc(Cc3ccccc3C)cc2)cc1. The molecule has 126 valence electrons. The molecule has 0 N–H and O–H groups in total. The maximum atomic E-state index is 12.2. The Morgan fingerprint density at radius 3 is 2.24 bits per heavy atom. The number of nitrogens with zero attached hydrogens (tertiary/aromatic N) is 1. The number of aryl methyl sites for hydroxylation is 2. The molecule has 0 saturated carbocycles. The fraction of sp³-hybridized carbons (Fsp3) is 0.136. The molecule has 0 aliphatic rings. The van der Waals surface area contributed by atoms with Gasteiger partial charge in [-0.25, -0.2) is 4.21 Å². The molecule has 0 saturated heterocycles. The lowest BCUT2D eigenvalue weighted by Gasteiger charge is -2.06. The summed E-state index contributed by atoms with van der Waals surface area (Å²) in [7, 11) is -1.36. The Morgan fingerprint density at radius 2 is 1.56 bits per heavy atom. The zero-order valence-corrected chi connectivity index (χ0v) is 15.3. The summed E-state index contributed by atoms with van der Waals surface area (Å²) in [5.74, 6) is 0. The maximum Gasteiger partial charge on any atom is 0.172 e. The topological polar surface area (TPSA) is 29.4 Å². The first-order chi connectivity index (χ1) is 12.1. The molecule has 1 unspecified atom stereocenters. The Kier molecular flexibility index (Phi) is 5.56. The van der Waals surface area contributed by atoms with Crippen LogP contribution >= 0.6 is 0 Å². The Labute approximate surface area is 151 Å². The lowest BCUT2D eigenvalue weighted by molar-refractivity contribution is 0.684. The van der Waals surface area contributed by atoms with E-state index in [0.717, 1.165) is 22.4 Å². The van der Waals surface area contributed by atoms with Gasteiger partial charge in [0.05, 0.1) is 4.90 Å². The Balaban J connectivity index is 1.67. The standard InChI is InChI=1S/C22H21NOS/c1-17-7-13-22(14-8-17)25(24)23-16-20-11-9-19(10-12-20)15-21-6-4-3-5-18(21)2/h3-14,16H,15H2,1-2H3/b23-16+. The van der Waals surface area contributed by atoms with Crippen molar-refractivity contribution in [2.75, 3.05) is 0 Å². The molecule has 3 rings (SSSR count). The van der Waals surface area contributed by atoms with Crippen LogP contribution in [0.3, 0.4) is 0 Å². The van der Waals surface area contributed by atoms with Gasteiger partial charge in [0.2, 0.25) is 0 Å². The molecule has 0 amide bonds. The van der Waals surface area contributed by atoms with E-state index in [0.29, 0.717) is 0 Å². The molecular weight excluding hydrogens is 326 g/mol. The predicted octanol–water partition coefficient (Wildman–Crippen LogP) is 5.04. The molecule has 3 aromatic carbocycles. The molecule has 0 aliphatic heterocycles. The quantitative estimate of drug-likeness (QED) is 0.595. The molecule has 0 spiro atoms. The van der Waals surface area contributed by atoms with Crippen LogP contribution in [0.25, 0.3) is 0 Å². The number of benzene rings is 3. The highest BCUT2D eigenvalue weighted by Gasteiger charge is 2.01. The summed E-state index contributed by atoms with van der Waals surface area (Å²) in [5.41, 5.74) is 6.00. The van der Waals surface area contributed by atoms with Crippen molar-refractivity contribution in [3.8, 4) is 0 Å². The first-order valence-corrected chi connectivity index (χ1v) is 9.38. The van der Waals surface area contributed by atoms with E-state index in [1.54, 1.807) is 6.21 Å². The fourth-order valence-electron chi connectivity index (χ4n) is 2.57. The highest BCUT2D eigenvalue weighted by molar-refractivity contribution is 7.83. The smallest absolute Gasteiger partial charge is 0.172 e. The third-order valence-electron chi connectivity index (χ3n) is 4.16. The van der Waals surface area contributed by atoms with E-state index < -0.39 is 11.0 Å². The molecule has 0 radical (unpaired) electrons. The number of rotatable bonds is 5. The Morgan fingerprint density at radius 1 is 0.880 bits per heavy atom. The van der Waals surface area contributed by atoms with Crippen molar-refractivity contribution in [3.05, 3.63) is 101 Å². The molecule has 0 heterocycles. The van der Waals surface area contributed by atoms with Crippen LogP contribution in [0.5, 0.6) is 0 Å². The minimum absolute atomic E-state index is 0.720. The third-order valence-corrected chi connectivity index (χ3v) is 5.13. The van der Waals surface area contributed by atoms with Gasteiger partial charge >= 0.3 is 0 Å². The van der Waals surface area contributed by atoms with Crippen LogP contribution in [0.2, 0.25) is 0 Å². The van der Waals surface area contributed by atoms with E-state index in [1.165, 1.54) is 16.7 Å². The second kappa shape index (κ2) is 8.04. The normalized spacial score (nSPS) is 12.4. The molecule has 0 aromatic heterocycles. The average Bonchev–Trinajstić information content (AvgIpc) is 2.63. The van der Waals surface area contributed by atoms with Crippen LogP contribution < -0.4 is 0 Å². The molecule has 0 fully saturated rings. The summed E-state index contributed by atoms with van der Waals surface area (Å²) in [5, 5.41) is 0. The van der Waals surface area contributed by atoms with Crippen molar-refractivity contribution >= 4 is 17.2 Å². The molecule has 0 bridgehead atoms. The summed E-state index contributed by atoms with van der Waals surface area (Å²) in [6.07, 6.45) is 2.59. The highest BCUT2D eigenvalue weighted by Crippen LogP contribution is 2.14. The monoisotopic (exact) mass is 347 g/mol. The van der Waals surface area contributed by atoms with Crippen LogP contribution in [-0.4, -0.2) is 10.4 Å². The van der Waals surface area contributed by atoms with E-state index in [1.807, 2.05) is 43.3 Å². The molecule has 25 heavy (non-hydrogen) atoms. The van der Waals surface area contributed by atoms with Crippen molar-refractivity contribution in [2.24, 2.45) is 4.40 Å². The van der Waals surface area contributed by atoms with Gasteiger partial charge in [0, 0.05) is 6.21 Å². The third kappa shape index (κ3) is 4.74. The lowest BCUT2D eigenvalue weighted by Crippen LogP contribution is -1.93. The minimum Gasteiger partial charge on any atom is -0.229 e. The molecule has 1 atom stereocenters. The molecule has 2 nitrogen and oxygen atoms in total. The van der Waals surface area contributed by atoms with Crippen molar-refractivity contribution in [3.63, 3.8) is 0 Å². The van der Waals surface area contributed by atoms with Crippen molar-refractivity contribution in [2.45, 2.75) is 25.2 Å². The first kappa shape index (κ1) is 17.3. The lowest BCUT2D eigenvalue weighted by atomic mass is 10.00. The zero-order valence-electron chi connectivity index (χ0n) is 14.5. The van der Waals surface area contributed by atoms with E-state index in [2.05, 4.69) is 47.7 Å². The summed E-state index contributed by atoms with van der Waals surface area (Å²) >= 11 is 0. The van der Waals surface area contributed by atoms with Gasteiger partial charge in [0.15, 0.2) is 11.0 Å². The van der Waals surface area contributed by atoms with E-state index in [9.17, 15) is 4.21 Å². The van der Waals surface area contributed by atoms with Crippen molar-refractivity contribution < 1.29 is 4.21 Å². The van der Waals surface area contributed by atoms with Gasteiger partial charge in [-0.15, -0.1) is 0 Å². The fourth-order valence-corrected chi connectivity index (χ4v) is 3.28. The van der Waals surface area contributed by atoms with Gasteiger partial charge in [-0.1, -0.05) is 66.2 Å². The zero-order chi connectivity index (χ0) is 17.6. The summed E-state index contributed by atoms with van der Waals surface area (Å²) in [4.78, 5) is 0.720. The first-order valence-electron chi connectivity index (χ1n) is 8.28. The molecule has 3 heteroatoms. The summed E-state index contributed by atoms with van der Waals surface area (Å²) in [6.45, 7) is 4.14. The van der Waals surface area contributed by atoms with Gasteiger partial charge in [0.1, 0.15) is 0 Å². The second-order valence-corrected chi connectivity index (χ2v) is 7.32. The van der Waals surface area contributed by atoms with Crippen LogP contribution in [0.4, 0.5) is 0 Å². The largest absolute Gasteiger partial charge is 0.229 e. The van der Waals surface area contributed by atoms with Gasteiger partial charge < -0.3 is 0 Å². The van der Waals surface area contributed by atoms with Crippen molar-refractivity contribution in [1.82, 2.24) is 0 Å². The van der Waals surface area contributed by atoms with Crippen LogP contribution in [0.1, 0.15) is 27.8 Å². The summed E-state index contributed by atoms with van der Waals surface area (Å²) < 4.78 is 16.4. The van der Waals surface area contributed by atoms with Crippen LogP contribution in [-0.2, 0) is 17.4 Å². The summed E-state index contributed by atoms with van der Waals surface area (Å²) in [6, 6.07) is 24.3. The van der Waals surface area contributed by atoms with E-state index >= 15 is 0 Å². The van der Waals surface area contributed by atoms with Gasteiger partial charge in [0.25, 0.3) is 0 Å². The van der Waals surface area contributed by atoms with E-state index in [-0.39, 0.29) is 0 Å². The van der Waals surface area contributed by atoms with Crippen LogP contribution in [0.15, 0.2) is 82.1 Å². The number of hydrogen-bond acceptors (Lipinski definition) is 1. The Bertz CT molecular complexity index is 896. The number of hydrogen-bond donors (Lipinski definition) is 0. The second-order valence-electron chi connectivity index (χ2n) is 6.14. The van der Waals surface area contributed by atoms with Gasteiger partial charge in [-0.2, -0.15) is 4.40 Å². The molecule has 3 aromatic rings. The predicted molar refractivity (Wildman–Crippen MR) is 106 cm³/mol. The maximum absolute atomic E-state index is 12.2.